The summed E-state index contributed by atoms with van der Waals surface area (Å²) in [6, 6.07) is 8.03. The molecule has 3 heteroatoms. The smallest absolute Gasteiger partial charge is 0.125 e. The van der Waals surface area contributed by atoms with E-state index < -0.39 is 6.10 Å². The highest BCUT2D eigenvalue weighted by Gasteiger charge is 2.41. The van der Waals surface area contributed by atoms with Gasteiger partial charge in [0.1, 0.15) is 18.5 Å². The molecule has 2 heterocycles. The second-order valence-corrected chi connectivity index (χ2v) is 7.10. The van der Waals surface area contributed by atoms with Gasteiger partial charge in [0.2, 0.25) is 0 Å². The molecule has 3 aliphatic rings. The SMILES string of the molecule is OC1c2ccccc2OCC1N1CCC2(CCCC2)CC1. The van der Waals surface area contributed by atoms with E-state index in [1.165, 1.54) is 38.5 Å². The topological polar surface area (TPSA) is 32.7 Å². The number of hydrogen-bond donors (Lipinski definition) is 1. The fraction of sp³-hybridized carbons (Fsp3) is 0.667. The van der Waals surface area contributed by atoms with Gasteiger partial charge in [-0.05, 0) is 50.3 Å². The van der Waals surface area contributed by atoms with Gasteiger partial charge in [0.15, 0.2) is 0 Å². The number of fused-ring (bicyclic) bond motifs is 1. The minimum Gasteiger partial charge on any atom is -0.491 e. The number of para-hydroxylation sites is 1. The van der Waals surface area contributed by atoms with Crippen LogP contribution in [0.15, 0.2) is 24.3 Å². The van der Waals surface area contributed by atoms with Crippen LogP contribution in [0.1, 0.15) is 50.2 Å². The Kier molecular flexibility index (Phi) is 3.43. The molecule has 0 aromatic heterocycles. The van der Waals surface area contributed by atoms with E-state index in [0.717, 1.165) is 24.4 Å². The number of hydrogen-bond acceptors (Lipinski definition) is 3. The molecule has 1 saturated carbocycles. The van der Waals surface area contributed by atoms with Crippen molar-refractivity contribution in [3.63, 3.8) is 0 Å². The molecule has 0 radical (unpaired) electrons. The van der Waals surface area contributed by atoms with Crippen molar-refractivity contribution in [2.75, 3.05) is 19.7 Å². The summed E-state index contributed by atoms with van der Waals surface area (Å²) < 4.78 is 5.88. The highest BCUT2D eigenvalue weighted by atomic mass is 16.5. The molecule has 2 atom stereocenters. The molecule has 0 amide bonds. The molecule has 1 aromatic carbocycles. The van der Waals surface area contributed by atoms with E-state index >= 15 is 0 Å². The summed E-state index contributed by atoms with van der Waals surface area (Å²) in [4.78, 5) is 2.46. The average Bonchev–Trinajstić information content (AvgIpc) is 2.98. The van der Waals surface area contributed by atoms with E-state index in [2.05, 4.69) is 4.90 Å². The number of piperidine rings is 1. The van der Waals surface area contributed by atoms with E-state index in [9.17, 15) is 5.11 Å². The molecule has 2 fully saturated rings. The van der Waals surface area contributed by atoms with Gasteiger partial charge in [0.05, 0.1) is 6.04 Å². The van der Waals surface area contributed by atoms with Crippen LogP contribution in [0.5, 0.6) is 5.75 Å². The van der Waals surface area contributed by atoms with E-state index in [1.807, 2.05) is 24.3 Å². The van der Waals surface area contributed by atoms with Gasteiger partial charge >= 0.3 is 0 Å². The molecule has 1 aromatic rings. The Morgan fingerprint density at radius 1 is 1.05 bits per heavy atom. The summed E-state index contributed by atoms with van der Waals surface area (Å²) in [5.74, 6) is 0.852. The molecular weight excluding hydrogens is 262 g/mol. The molecular formula is C18H25NO2. The van der Waals surface area contributed by atoms with Crippen molar-refractivity contribution in [1.29, 1.82) is 0 Å². The summed E-state index contributed by atoms with van der Waals surface area (Å²) in [5.41, 5.74) is 1.59. The Morgan fingerprint density at radius 3 is 2.52 bits per heavy atom. The highest BCUT2D eigenvalue weighted by molar-refractivity contribution is 5.37. The van der Waals surface area contributed by atoms with Crippen LogP contribution in [0.4, 0.5) is 0 Å². The predicted molar refractivity (Wildman–Crippen MR) is 82.4 cm³/mol. The number of likely N-dealkylation sites (tertiary alicyclic amines) is 1. The first-order valence-electron chi connectivity index (χ1n) is 8.41. The van der Waals surface area contributed by atoms with Crippen LogP contribution >= 0.6 is 0 Å². The van der Waals surface area contributed by atoms with Gasteiger partial charge in [-0.15, -0.1) is 0 Å². The van der Waals surface area contributed by atoms with E-state index in [-0.39, 0.29) is 6.04 Å². The monoisotopic (exact) mass is 287 g/mol. The highest BCUT2D eigenvalue weighted by Crippen LogP contribution is 2.47. The van der Waals surface area contributed by atoms with Crippen molar-refractivity contribution >= 4 is 0 Å². The first-order chi connectivity index (χ1) is 10.3. The quantitative estimate of drug-likeness (QED) is 0.861. The Labute approximate surface area is 126 Å². The normalized spacial score (nSPS) is 31.9. The van der Waals surface area contributed by atoms with E-state index in [1.54, 1.807) is 0 Å². The van der Waals surface area contributed by atoms with Gasteiger partial charge < -0.3 is 9.84 Å². The largest absolute Gasteiger partial charge is 0.491 e. The Balaban J connectivity index is 1.46. The Morgan fingerprint density at radius 2 is 1.76 bits per heavy atom. The summed E-state index contributed by atoms with van der Waals surface area (Å²) in [6.07, 6.45) is 7.88. The molecule has 1 spiro atoms. The van der Waals surface area contributed by atoms with Crippen LogP contribution in [0.3, 0.4) is 0 Å². The standard InChI is InChI=1S/C18H25NO2/c20-17-14-5-1-2-6-16(14)21-13-15(17)19-11-9-18(10-12-19)7-3-4-8-18/h1-2,5-6,15,17,20H,3-4,7-13H2. The van der Waals surface area contributed by atoms with Gasteiger partial charge in [0, 0.05) is 5.56 Å². The summed E-state index contributed by atoms with van der Waals surface area (Å²) in [5, 5.41) is 10.7. The fourth-order valence-corrected chi connectivity index (χ4v) is 4.59. The third-order valence-corrected chi connectivity index (χ3v) is 6.00. The fourth-order valence-electron chi connectivity index (χ4n) is 4.59. The first kappa shape index (κ1) is 13.6. The van der Waals surface area contributed by atoms with E-state index in [0.29, 0.717) is 12.0 Å². The molecule has 4 rings (SSSR count). The minimum absolute atomic E-state index is 0.124. The van der Waals surface area contributed by atoms with Crippen molar-refractivity contribution in [3.05, 3.63) is 29.8 Å². The summed E-state index contributed by atoms with van der Waals surface area (Å²) in [6.45, 7) is 2.85. The van der Waals surface area contributed by atoms with Crippen molar-refractivity contribution in [2.24, 2.45) is 5.41 Å². The number of aliphatic hydroxyl groups excluding tert-OH is 1. The van der Waals surface area contributed by atoms with Crippen LogP contribution in [0.2, 0.25) is 0 Å². The van der Waals surface area contributed by atoms with Crippen LogP contribution in [0, 0.1) is 5.41 Å². The maximum atomic E-state index is 10.7. The average molecular weight is 287 g/mol. The van der Waals surface area contributed by atoms with Gasteiger partial charge in [-0.2, -0.15) is 0 Å². The van der Waals surface area contributed by atoms with Crippen molar-refractivity contribution < 1.29 is 9.84 Å². The van der Waals surface area contributed by atoms with Gasteiger partial charge in [0.25, 0.3) is 0 Å². The number of benzene rings is 1. The number of nitrogens with zero attached hydrogens (tertiary/aromatic N) is 1. The third kappa shape index (κ3) is 2.36. The lowest BCUT2D eigenvalue weighted by Gasteiger charge is -2.45. The predicted octanol–water partition coefficient (Wildman–Crippen LogP) is 3.14. The maximum absolute atomic E-state index is 10.7. The van der Waals surface area contributed by atoms with E-state index in [4.69, 9.17) is 4.74 Å². The number of rotatable bonds is 1. The second-order valence-electron chi connectivity index (χ2n) is 7.10. The third-order valence-electron chi connectivity index (χ3n) is 6.00. The van der Waals surface area contributed by atoms with Crippen LogP contribution in [-0.2, 0) is 0 Å². The lowest BCUT2D eigenvalue weighted by molar-refractivity contribution is -0.0240. The molecule has 1 saturated heterocycles. The van der Waals surface area contributed by atoms with Crippen molar-refractivity contribution in [1.82, 2.24) is 4.90 Å². The molecule has 3 nitrogen and oxygen atoms in total. The van der Waals surface area contributed by atoms with Gasteiger partial charge in [-0.25, -0.2) is 0 Å². The minimum atomic E-state index is -0.410. The molecule has 1 N–H and O–H groups in total. The molecule has 114 valence electrons. The Hall–Kier alpha value is -1.06. The molecule has 0 bridgehead atoms. The number of ether oxygens (including phenoxy) is 1. The van der Waals surface area contributed by atoms with Gasteiger partial charge in [-0.3, -0.25) is 4.90 Å². The maximum Gasteiger partial charge on any atom is 0.125 e. The van der Waals surface area contributed by atoms with Crippen molar-refractivity contribution in [3.8, 4) is 5.75 Å². The van der Waals surface area contributed by atoms with Gasteiger partial charge in [-0.1, -0.05) is 31.0 Å². The molecule has 1 aliphatic carbocycles. The first-order valence-corrected chi connectivity index (χ1v) is 8.41. The zero-order chi connectivity index (χ0) is 14.3. The van der Waals surface area contributed by atoms with Crippen molar-refractivity contribution in [2.45, 2.75) is 50.7 Å². The molecule has 2 unspecified atom stereocenters. The lowest BCUT2D eigenvalue weighted by Crippen LogP contribution is -2.50. The zero-order valence-electron chi connectivity index (χ0n) is 12.6. The number of aliphatic hydroxyl groups is 1. The summed E-state index contributed by atoms with van der Waals surface area (Å²) >= 11 is 0. The lowest BCUT2D eigenvalue weighted by atomic mass is 9.76. The zero-order valence-corrected chi connectivity index (χ0v) is 12.6. The van der Waals surface area contributed by atoms with Crippen LogP contribution < -0.4 is 4.74 Å². The Bertz CT molecular complexity index is 500. The summed E-state index contributed by atoms with van der Waals surface area (Å²) in [7, 11) is 0. The molecule has 21 heavy (non-hydrogen) atoms. The molecule has 2 aliphatic heterocycles. The second kappa shape index (κ2) is 5.29. The van der Waals surface area contributed by atoms with Crippen LogP contribution in [-0.4, -0.2) is 35.7 Å². The van der Waals surface area contributed by atoms with Crippen LogP contribution in [0.25, 0.3) is 0 Å².